The van der Waals surface area contributed by atoms with Gasteiger partial charge in [0.05, 0.1) is 6.04 Å². The molecule has 0 saturated heterocycles. The number of nitrogens with zero attached hydrogens (tertiary/aromatic N) is 1. The molecule has 3 heteroatoms. The number of rotatable bonds is 9. The average molecular weight is 358 g/mol. The summed E-state index contributed by atoms with van der Waals surface area (Å²) in [5.74, 6) is 0.305. The zero-order valence-electron chi connectivity index (χ0n) is 16.2. The summed E-state index contributed by atoms with van der Waals surface area (Å²) >= 11 is 4.45. The van der Waals surface area contributed by atoms with Crippen LogP contribution in [0.4, 0.5) is 0 Å². The molecule has 1 aromatic rings. The van der Waals surface area contributed by atoms with Gasteiger partial charge in [0.1, 0.15) is 5.78 Å². The lowest BCUT2D eigenvalue weighted by molar-refractivity contribution is -0.117. The maximum absolute atomic E-state index is 11.7. The van der Waals surface area contributed by atoms with Crippen LogP contribution in [0.3, 0.4) is 0 Å². The number of benzene rings is 1. The highest BCUT2D eigenvalue weighted by molar-refractivity contribution is 7.84. The molecule has 25 heavy (non-hydrogen) atoms. The van der Waals surface area contributed by atoms with Crippen molar-refractivity contribution in [1.82, 2.24) is 0 Å². The monoisotopic (exact) mass is 357 g/mol. The van der Waals surface area contributed by atoms with Gasteiger partial charge in [-0.05, 0) is 44.1 Å². The molecule has 0 aliphatic carbocycles. The van der Waals surface area contributed by atoms with E-state index in [1.54, 1.807) is 6.92 Å². The summed E-state index contributed by atoms with van der Waals surface area (Å²) in [7, 11) is 0. The first kappa shape index (κ1) is 21.4. The summed E-state index contributed by atoms with van der Waals surface area (Å²) in [5.41, 5.74) is 4.33. The second kappa shape index (κ2) is 10.4. The first-order valence-corrected chi connectivity index (χ1v) is 9.42. The van der Waals surface area contributed by atoms with Crippen molar-refractivity contribution >= 4 is 24.1 Å². The van der Waals surface area contributed by atoms with Crippen molar-refractivity contribution in [3.63, 3.8) is 0 Å². The van der Waals surface area contributed by atoms with E-state index in [1.165, 1.54) is 5.56 Å². The number of hydrogen-bond acceptors (Lipinski definition) is 3. The highest BCUT2D eigenvalue weighted by atomic mass is 32.1. The minimum Gasteiger partial charge on any atom is -0.300 e. The molecular formula is C22H31NOS. The number of ketones is 1. The van der Waals surface area contributed by atoms with E-state index < -0.39 is 0 Å². The van der Waals surface area contributed by atoms with Crippen LogP contribution in [0.5, 0.6) is 0 Å². The molecule has 0 heterocycles. The van der Waals surface area contributed by atoms with Crippen molar-refractivity contribution in [2.75, 3.05) is 0 Å². The smallest absolute Gasteiger partial charge is 0.132 e. The molecule has 0 amide bonds. The predicted octanol–water partition coefficient (Wildman–Crippen LogP) is 5.96. The number of hydrogen-bond donors (Lipinski definition) is 1. The van der Waals surface area contributed by atoms with Gasteiger partial charge in [-0.2, -0.15) is 0 Å². The van der Waals surface area contributed by atoms with Gasteiger partial charge in [0.25, 0.3) is 0 Å². The largest absolute Gasteiger partial charge is 0.300 e. The van der Waals surface area contributed by atoms with Gasteiger partial charge in [0.2, 0.25) is 0 Å². The number of Topliss-reactive ketones (excluding diaryl/α,β-unsaturated/α-hetero) is 1. The second-order valence-corrected chi connectivity index (χ2v) is 7.34. The van der Waals surface area contributed by atoms with Gasteiger partial charge < -0.3 is 0 Å². The van der Waals surface area contributed by atoms with Crippen molar-refractivity contribution in [2.24, 2.45) is 10.9 Å². The van der Waals surface area contributed by atoms with Crippen LogP contribution in [0.25, 0.3) is 0 Å². The Morgan fingerprint density at radius 1 is 1.24 bits per heavy atom. The molecule has 0 aliphatic rings. The molecule has 2 atom stereocenters. The third-order valence-electron chi connectivity index (χ3n) is 4.28. The fraction of sp³-hybridized carbons (Fsp3) is 0.455. The van der Waals surface area contributed by atoms with Gasteiger partial charge in [-0.15, -0.1) is 12.6 Å². The molecule has 0 N–H and O–H groups in total. The molecule has 0 aliphatic heterocycles. The van der Waals surface area contributed by atoms with Gasteiger partial charge in [-0.3, -0.25) is 9.79 Å². The number of thiol groups is 1. The van der Waals surface area contributed by atoms with Crippen molar-refractivity contribution in [3.05, 3.63) is 58.5 Å². The van der Waals surface area contributed by atoms with Gasteiger partial charge in [0, 0.05) is 18.1 Å². The van der Waals surface area contributed by atoms with E-state index in [2.05, 4.69) is 70.3 Å². The summed E-state index contributed by atoms with van der Waals surface area (Å²) in [6, 6.07) is 8.25. The summed E-state index contributed by atoms with van der Waals surface area (Å²) < 4.78 is 0. The molecule has 0 bridgehead atoms. The molecule has 2 nitrogen and oxygen atoms in total. The lowest BCUT2D eigenvalue weighted by Crippen LogP contribution is -2.20. The van der Waals surface area contributed by atoms with Crippen LogP contribution in [-0.4, -0.2) is 17.5 Å². The van der Waals surface area contributed by atoms with Crippen LogP contribution >= 0.6 is 12.6 Å². The number of carbonyl (C=O) groups excluding carboxylic acids is 1. The Morgan fingerprint density at radius 3 is 2.28 bits per heavy atom. The van der Waals surface area contributed by atoms with E-state index in [-0.39, 0.29) is 17.7 Å². The SMILES string of the molecule is C=C(CC)C(CC(C)=O)N=C(c1ccc(C)cc1)C(/C=C(/C)S)CC. The van der Waals surface area contributed by atoms with Gasteiger partial charge in [-0.25, -0.2) is 0 Å². The zero-order chi connectivity index (χ0) is 19.0. The molecule has 0 radical (unpaired) electrons. The number of aryl methyl sites for hydroxylation is 1. The van der Waals surface area contributed by atoms with Crippen LogP contribution < -0.4 is 0 Å². The molecule has 0 saturated carbocycles. The van der Waals surface area contributed by atoms with E-state index in [0.29, 0.717) is 6.42 Å². The normalized spacial score (nSPS) is 15.0. The third kappa shape index (κ3) is 7.03. The van der Waals surface area contributed by atoms with Crippen molar-refractivity contribution < 1.29 is 4.79 Å². The van der Waals surface area contributed by atoms with Gasteiger partial charge in [-0.1, -0.05) is 61.9 Å². The third-order valence-corrected chi connectivity index (χ3v) is 4.43. The Kier molecular flexibility index (Phi) is 8.91. The zero-order valence-corrected chi connectivity index (χ0v) is 17.1. The maximum atomic E-state index is 11.7. The quantitative estimate of drug-likeness (QED) is 0.330. The average Bonchev–Trinajstić information content (AvgIpc) is 2.56. The van der Waals surface area contributed by atoms with E-state index in [9.17, 15) is 4.79 Å². The van der Waals surface area contributed by atoms with Crippen LogP contribution in [0, 0.1) is 12.8 Å². The lowest BCUT2D eigenvalue weighted by Gasteiger charge is -2.21. The Balaban J connectivity index is 3.45. The second-order valence-electron chi connectivity index (χ2n) is 6.64. The number of allylic oxidation sites excluding steroid dienone is 2. The summed E-state index contributed by atoms with van der Waals surface area (Å²) in [6.07, 6.45) is 4.29. The first-order valence-electron chi connectivity index (χ1n) is 8.97. The van der Waals surface area contributed by atoms with E-state index in [4.69, 9.17) is 4.99 Å². The molecule has 0 aromatic heterocycles. The van der Waals surface area contributed by atoms with E-state index in [1.807, 2.05) is 6.92 Å². The van der Waals surface area contributed by atoms with Crippen LogP contribution in [0.15, 0.2) is 52.4 Å². The fourth-order valence-electron chi connectivity index (χ4n) is 2.75. The summed E-state index contributed by atoms with van der Waals surface area (Å²) in [5, 5.41) is 0. The minimum atomic E-state index is -0.165. The Hall–Kier alpha value is -1.61. The first-order chi connectivity index (χ1) is 11.8. The van der Waals surface area contributed by atoms with Gasteiger partial charge >= 0.3 is 0 Å². The molecule has 0 spiro atoms. The van der Waals surface area contributed by atoms with Crippen molar-refractivity contribution in [3.8, 4) is 0 Å². The van der Waals surface area contributed by atoms with Crippen LogP contribution in [0.1, 0.15) is 58.1 Å². The van der Waals surface area contributed by atoms with Crippen molar-refractivity contribution in [2.45, 2.75) is 59.9 Å². The predicted molar refractivity (Wildman–Crippen MR) is 113 cm³/mol. The Morgan fingerprint density at radius 2 is 1.84 bits per heavy atom. The molecule has 1 aromatic carbocycles. The highest BCUT2D eigenvalue weighted by Crippen LogP contribution is 2.22. The minimum absolute atomic E-state index is 0.139. The Bertz CT molecular complexity index is 651. The van der Waals surface area contributed by atoms with E-state index >= 15 is 0 Å². The molecular weight excluding hydrogens is 326 g/mol. The van der Waals surface area contributed by atoms with Crippen LogP contribution in [0.2, 0.25) is 0 Å². The Labute approximate surface area is 158 Å². The maximum Gasteiger partial charge on any atom is 0.132 e. The lowest BCUT2D eigenvalue weighted by atomic mass is 9.92. The summed E-state index contributed by atoms with van der Waals surface area (Å²) in [4.78, 5) is 17.7. The fourth-order valence-corrected chi connectivity index (χ4v) is 2.93. The topological polar surface area (TPSA) is 29.4 Å². The van der Waals surface area contributed by atoms with E-state index in [0.717, 1.165) is 34.6 Å². The van der Waals surface area contributed by atoms with Gasteiger partial charge in [0.15, 0.2) is 0 Å². The van der Waals surface area contributed by atoms with Crippen molar-refractivity contribution in [1.29, 1.82) is 0 Å². The molecule has 0 fully saturated rings. The number of aliphatic imine (C=N–C) groups is 1. The van der Waals surface area contributed by atoms with Crippen LogP contribution in [-0.2, 0) is 4.79 Å². The molecule has 2 unspecified atom stereocenters. The molecule has 136 valence electrons. The molecule has 1 rings (SSSR count). The highest BCUT2D eigenvalue weighted by Gasteiger charge is 2.19. The number of carbonyl (C=O) groups is 1. The standard InChI is InChI=1S/C22H31NOS/c1-7-16(4)21(13-17(5)24)23-22(19(8-2)14-18(6)25)20-11-9-15(3)10-12-20/h9-12,14,19,21,25H,4,7-8,13H2,1-3,5-6H3/b18-14-,23-22?. The summed E-state index contributed by atoms with van der Waals surface area (Å²) in [6.45, 7) is 14.0.